The summed E-state index contributed by atoms with van der Waals surface area (Å²) in [5, 5.41) is 3.60. The van der Waals surface area contributed by atoms with Gasteiger partial charge in [-0.15, -0.1) is 11.3 Å². The molecule has 0 saturated heterocycles. The van der Waals surface area contributed by atoms with Crippen LogP contribution < -0.4 is 5.32 Å². The van der Waals surface area contributed by atoms with Crippen molar-refractivity contribution in [3.05, 3.63) is 63.7 Å². The highest BCUT2D eigenvalue weighted by Crippen LogP contribution is 2.26. The van der Waals surface area contributed by atoms with E-state index in [4.69, 9.17) is 0 Å². The third-order valence-electron chi connectivity index (χ3n) is 3.84. The Bertz CT molecular complexity index is 853. The zero-order chi connectivity index (χ0) is 16.4. The molecule has 23 heavy (non-hydrogen) atoms. The summed E-state index contributed by atoms with van der Waals surface area (Å²) in [5.41, 5.74) is 5.32. The first-order valence-electron chi connectivity index (χ1n) is 7.45. The van der Waals surface area contributed by atoms with E-state index in [0.29, 0.717) is 5.56 Å². The minimum atomic E-state index is -0.0718. The van der Waals surface area contributed by atoms with Crippen molar-refractivity contribution in [1.29, 1.82) is 0 Å². The number of carbonyl (C=O) groups excluding carboxylic acids is 1. The van der Waals surface area contributed by atoms with Crippen LogP contribution in [0.5, 0.6) is 0 Å². The SMILES string of the molecule is CNC(=O)c1ccc(/C=C/c2nc3cc(C)c(C)cc3s2)cc1. The Morgan fingerprint density at radius 2 is 1.78 bits per heavy atom. The smallest absolute Gasteiger partial charge is 0.251 e. The molecule has 0 bridgehead atoms. The van der Waals surface area contributed by atoms with Gasteiger partial charge in [-0.1, -0.05) is 18.2 Å². The molecule has 0 aliphatic rings. The molecule has 1 amide bonds. The summed E-state index contributed by atoms with van der Waals surface area (Å²) in [4.78, 5) is 16.2. The summed E-state index contributed by atoms with van der Waals surface area (Å²) >= 11 is 1.69. The van der Waals surface area contributed by atoms with Gasteiger partial charge in [0.25, 0.3) is 5.91 Å². The van der Waals surface area contributed by atoms with Gasteiger partial charge in [-0.05, 0) is 60.9 Å². The number of carbonyl (C=O) groups is 1. The van der Waals surface area contributed by atoms with Crippen molar-refractivity contribution < 1.29 is 4.79 Å². The second-order valence-electron chi connectivity index (χ2n) is 5.49. The number of thiazole rings is 1. The molecule has 116 valence electrons. The predicted octanol–water partition coefficient (Wildman–Crippen LogP) is 4.44. The van der Waals surface area contributed by atoms with Crippen LogP contribution in [0, 0.1) is 13.8 Å². The zero-order valence-electron chi connectivity index (χ0n) is 13.4. The minimum Gasteiger partial charge on any atom is -0.355 e. The number of aryl methyl sites for hydroxylation is 2. The molecule has 0 radical (unpaired) electrons. The number of benzene rings is 2. The van der Waals surface area contributed by atoms with Crippen LogP contribution in [0.2, 0.25) is 0 Å². The van der Waals surface area contributed by atoms with Gasteiger partial charge < -0.3 is 5.32 Å². The first-order valence-corrected chi connectivity index (χ1v) is 8.26. The van der Waals surface area contributed by atoms with E-state index in [1.807, 2.05) is 36.4 Å². The lowest BCUT2D eigenvalue weighted by Crippen LogP contribution is -2.17. The number of amides is 1. The molecule has 0 unspecified atom stereocenters. The number of hydrogen-bond acceptors (Lipinski definition) is 3. The first-order chi connectivity index (χ1) is 11.1. The molecule has 0 aliphatic carbocycles. The average Bonchev–Trinajstić information content (AvgIpc) is 2.95. The molecule has 1 heterocycles. The summed E-state index contributed by atoms with van der Waals surface area (Å²) in [6.07, 6.45) is 4.04. The first kappa shape index (κ1) is 15.4. The third kappa shape index (κ3) is 3.32. The van der Waals surface area contributed by atoms with Crippen molar-refractivity contribution in [2.45, 2.75) is 13.8 Å². The van der Waals surface area contributed by atoms with E-state index in [1.165, 1.54) is 15.8 Å². The maximum Gasteiger partial charge on any atom is 0.251 e. The van der Waals surface area contributed by atoms with Crippen molar-refractivity contribution in [3.63, 3.8) is 0 Å². The Morgan fingerprint density at radius 3 is 2.48 bits per heavy atom. The number of hydrogen-bond donors (Lipinski definition) is 1. The fraction of sp³-hybridized carbons (Fsp3) is 0.158. The molecule has 0 atom stereocenters. The maximum atomic E-state index is 11.5. The Balaban J connectivity index is 1.83. The van der Waals surface area contributed by atoms with Crippen molar-refractivity contribution in [3.8, 4) is 0 Å². The highest BCUT2D eigenvalue weighted by Gasteiger charge is 2.04. The van der Waals surface area contributed by atoms with Gasteiger partial charge in [-0.3, -0.25) is 4.79 Å². The van der Waals surface area contributed by atoms with Crippen LogP contribution >= 0.6 is 11.3 Å². The highest BCUT2D eigenvalue weighted by atomic mass is 32.1. The quantitative estimate of drug-likeness (QED) is 0.774. The van der Waals surface area contributed by atoms with Gasteiger partial charge in [0, 0.05) is 12.6 Å². The van der Waals surface area contributed by atoms with Crippen LogP contribution in [0.3, 0.4) is 0 Å². The number of fused-ring (bicyclic) bond motifs is 1. The number of aromatic nitrogens is 1. The summed E-state index contributed by atoms with van der Waals surface area (Å²) in [5.74, 6) is -0.0718. The van der Waals surface area contributed by atoms with Gasteiger partial charge in [-0.25, -0.2) is 4.98 Å². The Labute approximate surface area is 139 Å². The Hall–Kier alpha value is -2.46. The van der Waals surface area contributed by atoms with Gasteiger partial charge in [0.2, 0.25) is 0 Å². The molecule has 0 saturated carbocycles. The van der Waals surface area contributed by atoms with Crippen molar-refractivity contribution in [2.75, 3.05) is 7.05 Å². The molecule has 1 aromatic heterocycles. The Morgan fingerprint density at radius 1 is 1.09 bits per heavy atom. The second kappa shape index (κ2) is 6.34. The van der Waals surface area contributed by atoms with E-state index in [9.17, 15) is 4.79 Å². The lowest BCUT2D eigenvalue weighted by molar-refractivity contribution is 0.0963. The third-order valence-corrected chi connectivity index (χ3v) is 4.82. The summed E-state index contributed by atoms with van der Waals surface area (Å²) in [6.45, 7) is 4.23. The van der Waals surface area contributed by atoms with Crippen LogP contribution in [-0.2, 0) is 0 Å². The lowest BCUT2D eigenvalue weighted by atomic mass is 10.1. The van der Waals surface area contributed by atoms with Gasteiger partial charge in [-0.2, -0.15) is 0 Å². The molecule has 1 N–H and O–H groups in total. The average molecular weight is 322 g/mol. The summed E-state index contributed by atoms with van der Waals surface area (Å²) in [7, 11) is 1.63. The highest BCUT2D eigenvalue weighted by molar-refractivity contribution is 7.19. The zero-order valence-corrected chi connectivity index (χ0v) is 14.2. The molecule has 0 spiro atoms. The second-order valence-corrected chi connectivity index (χ2v) is 6.55. The molecular weight excluding hydrogens is 304 g/mol. The maximum absolute atomic E-state index is 11.5. The van der Waals surface area contributed by atoms with Gasteiger partial charge >= 0.3 is 0 Å². The molecular formula is C19H18N2OS. The summed E-state index contributed by atoms with van der Waals surface area (Å²) in [6, 6.07) is 11.8. The largest absolute Gasteiger partial charge is 0.355 e. The predicted molar refractivity (Wildman–Crippen MR) is 97.9 cm³/mol. The Kier molecular flexibility index (Phi) is 4.26. The molecule has 0 aliphatic heterocycles. The molecule has 2 aromatic carbocycles. The fourth-order valence-electron chi connectivity index (χ4n) is 2.33. The molecule has 4 heteroatoms. The number of rotatable bonds is 3. The standard InChI is InChI=1S/C19H18N2OS/c1-12-10-16-17(11-13(12)2)23-18(21-16)9-6-14-4-7-15(8-5-14)19(22)20-3/h4-11H,1-3H3,(H,20,22)/b9-6+. The minimum absolute atomic E-state index is 0.0718. The van der Waals surface area contributed by atoms with Gasteiger partial charge in [0.1, 0.15) is 5.01 Å². The normalized spacial score (nSPS) is 11.3. The van der Waals surface area contributed by atoms with Gasteiger partial charge in [0.05, 0.1) is 10.2 Å². The van der Waals surface area contributed by atoms with Crippen LogP contribution in [0.4, 0.5) is 0 Å². The lowest BCUT2D eigenvalue weighted by Gasteiger charge is -1.99. The topological polar surface area (TPSA) is 42.0 Å². The molecule has 3 aromatic rings. The van der Waals surface area contributed by atoms with Crippen molar-refractivity contribution in [2.24, 2.45) is 0 Å². The van der Waals surface area contributed by atoms with Crippen LogP contribution in [0.15, 0.2) is 36.4 Å². The molecule has 3 rings (SSSR count). The van der Waals surface area contributed by atoms with E-state index in [-0.39, 0.29) is 5.91 Å². The molecule has 0 fully saturated rings. The van der Waals surface area contributed by atoms with Crippen LogP contribution in [0.25, 0.3) is 22.4 Å². The number of nitrogens with zero attached hydrogens (tertiary/aromatic N) is 1. The van der Waals surface area contributed by atoms with Crippen LogP contribution in [0.1, 0.15) is 32.1 Å². The summed E-state index contributed by atoms with van der Waals surface area (Å²) < 4.78 is 1.21. The monoisotopic (exact) mass is 322 g/mol. The fourth-order valence-corrected chi connectivity index (χ4v) is 3.28. The van der Waals surface area contributed by atoms with E-state index < -0.39 is 0 Å². The van der Waals surface area contributed by atoms with Crippen LogP contribution in [-0.4, -0.2) is 17.9 Å². The van der Waals surface area contributed by atoms with E-state index in [1.54, 1.807) is 18.4 Å². The molecule has 3 nitrogen and oxygen atoms in total. The van der Waals surface area contributed by atoms with E-state index in [0.717, 1.165) is 16.1 Å². The van der Waals surface area contributed by atoms with Crippen molar-refractivity contribution >= 4 is 39.6 Å². The number of nitrogens with one attached hydrogen (secondary N) is 1. The van der Waals surface area contributed by atoms with E-state index in [2.05, 4.69) is 36.3 Å². The van der Waals surface area contributed by atoms with E-state index >= 15 is 0 Å². The van der Waals surface area contributed by atoms with Gasteiger partial charge in [0.15, 0.2) is 0 Å². The van der Waals surface area contributed by atoms with Crippen molar-refractivity contribution in [1.82, 2.24) is 10.3 Å².